The first-order chi connectivity index (χ1) is 8.47. The van der Waals surface area contributed by atoms with Crippen LogP contribution in [0.2, 0.25) is 0 Å². The van der Waals surface area contributed by atoms with E-state index >= 15 is 0 Å². The second-order valence-electron chi connectivity index (χ2n) is 3.92. The highest BCUT2D eigenvalue weighted by molar-refractivity contribution is 7.15. The van der Waals surface area contributed by atoms with Crippen molar-refractivity contribution in [3.63, 3.8) is 0 Å². The molecular formula is C11H13N3O2S2. The van der Waals surface area contributed by atoms with Gasteiger partial charge in [0, 0.05) is 16.0 Å². The van der Waals surface area contributed by atoms with E-state index in [0.717, 1.165) is 10.7 Å². The number of thiazole rings is 2. The Balaban J connectivity index is 2.14. The molecule has 5 nitrogen and oxygen atoms in total. The van der Waals surface area contributed by atoms with E-state index in [1.807, 2.05) is 19.2 Å². The minimum absolute atomic E-state index is 0.0240. The molecule has 0 aromatic carbocycles. The van der Waals surface area contributed by atoms with Crippen molar-refractivity contribution >= 4 is 33.8 Å². The van der Waals surface area contributed by atoms with Gasteiger partial charge in [0.2, 0.25) is 0 Å². The molecular weight excluding hydrogens is 270 g/mol. The Hall–Kier alpha value is -1.47. The van der Waals surface area contributed by atoms with E-state index in [1.54, 1.807) is 18.3 Å². The van der Waals surface area contributed by atoms with Crippen LogP contribution in [0.5, 0.6) is 0 Å². The van der Waals surface area contributed by atoms with Crippen molar-refractivity contribution in [3.8, 4) is 0 Å². The fourth-order valence-electron chi connectivity index (χ4n) is 1.47. The molecule has 2 rings (SSSR count). The summed E-state index contributed by atoms with van der Waals surface area (Å²) in [6.07, 6.45) is 0. The van der Waals surface area contributed by atoms with Crippen LogP contribution >= 0.6 is 22.7 Å². The highest BCUT2D eigenvalue weighted by Gasteiger charge is 2.16. The van der Waals surface area contributed by atoms with E-state index in [9.17, 15) is 4.79 Å². The SMILES string of the molecule is Cc1csc(C(C)Nc2nc(C(=O)O)c(C)s2)n1. The van der Waals surface area contributed by atoms with Crippen molar-refractivity contribution in [2.75, 3.05) is 5.32 Å². The van der Waals surface area contributed by atoms with E-state index < -0.39 is 5.97 Å². The topological polar surface area (TPSA) is 75.1 Å². The number of anilines is 1. The number of hydrogen-bond donors (Lipinski definition) is 2. The van der Waals surface area contributed by atoms with Gasteiger partial charge < -0.3 is 10.4 Å². The summed E-state index contributed by atoms with van der Waals surface area (Å²) < 4.78 is 0. The van der Waals surface area contributed by atoms with Gasteiger partial charge >= 0.3 is 5.97 Å². The highest BCUT2D eigenvalue weighted by atomic mass is 32.1. The van der Waals surface area contributed by atoms with Gasteiger partial charge in [0.05, 0.1) is 6.04 Å². The Labute approximate surface area is 113 Å². The summed E-state index contributed by atoms with van der Waals surface area (Å²) in [6, 6.07) is 0.0240. The Morgan fingerprint density at radius 3 is 2.67 bits per heavy atom. The minimum atomic E-state index is -0.991. The molecule has 96 valence electrons. The lowest BCUT2D eigenvalue weighted by atomic mass is 10.3. The molecule has 18 heavy (non-hydrogen) atoms. The molecule has 0 aliphatic carbocycles. The first-order valence-electron chi connectivity index (χ1n) is 5.36. The highest BCUT2D eigenvalue weighted by Crippen LogP contribution is 2.27. The van der Waals surface area contributed by atoms with Gasteiger partial charge in [-0.1, -0.05) is 0 Å². The van der Waals surface area contributed by atoms with Gasteiger partial charge in [0.1, 0.15) is 5.01 Å². The molecule has 7 heteroatoms. The number of carbonyl (C=O) groups is 1. The molecule has 2 heterocycles. The maximum atomic E-state index is 10.9. The number of aromatic carboxylic acids is 1. The van der Waals surface area contributed by atoms with Crippen LogP contribution in [0.4, 0.5) is 5.13 Å². The number of rotatable bonds is 4. The van der Waals surface area contributed by atoms with Crippen LogP contribution in [-0.4, -0.2) is 21.0 Å². The van der Waals surface area contributed by atoms with Crippen LogP contribution in [-0.2, 0) is 0 Å². The van der Waals surface area contributed by atoms with Gasteiger partial charge in [0.15, 0.2) is 10.8 Å². The summed E-state index contributed by atoms with van der Waals surface area (Å²) in [5, 5.41) is 15.7. The molecule has 2 N–H and O–H groups in total. The number of carboxylic acid groups (broad SMARTS) is 1. The van der Waals surface area contributed by atoms with Gasteiger partial charge in [-0.25, -0.2) is 14.8 Å². The maximum absolute atomic E-state index is 10.9. The summed E-state index contributed by atoms with van der Waals surface area (Å²) in [6.45, 7) is 5.68. The molecule has 2 aromatic rings. The van der Waals surface area contributed by atoms with Crippen molar-refractivity contribution in [2.24, 2.45) is 0 Å². The van der Waals surface area contributed by atoms with E-state index in [1.165, 1.54) is 11.3 Å². The monoisotopic (exact) mass is 283 g/mol. The Morgan fingerprint density at radius 2 is 2.17 bits per heavy atom. The van der Waals surface area contributed by atoms with Crippen LogP contribution in [0.3, 0.4) is 0 Å². The summed E-state index contributed by atoms with van der Waals surface area (Å²) in [5.41, 5.74) is 1.11. The first-order valence-corrected chi connectivity index (χ1v) is 7.06. The smallest absolute Gasteiger partial charge is 0.355 e. The molecule has 2 aromatic heterocycles. The summed E-state index contributed by atoms with van der Waals surface area (Å²) >= 11 is 2.93. The quantitative estimate of drug-likeness (QED) is 0.902. The van der Waals surface area contributed by atoms with Crippen molar-refractivity contribution in [2.45, 2.75) is 26.8 Å². The van der Waals surface area contributed by atoms with Crippen LogP contribution in [0.15, 0.2) is 5.38 Å². The van der Waals surface area contributed by atoms with Gasteiger partial charge in [0.25, 0.3) is 0 Å². The number of nitrogens with one attached hydrogen (secondary N) is 1. The normalized spacial score (nSPS) is 12.4. The van der Waals surface area contributed by atoms with Gasteiger partial charge in [-0.15, -0.1) is 22.7 Å². The zero-order chi connectivity index (χ0) is 13.3. The molecule has 0 radical (unpaired) electrons. The lowest BCUT2D eigenvalue weighted by molar-refractivity contribution is 0.0690. The van der Waals surface area contributed by atoms with E-state index in [-0.39, 0.29) is 11.7 Å². The Kier molecular flexibility index (Phi) is 3.63. The molecule has 0 aliphatic heterocycles. The average molecular weight is 283 g/mol. The fourth-order valence-corrected chi connectivity index (χ4v) is 3.17. The predicted octanol–water partition coefficient (Wildman–Crippen LogP) is 3.09. The second-order valence-corrected chi connectivity index (χ2v) is 6.01. The zero-order valence-electron chi connectivity index (χ0n) is 10.2. The Morgan fingerprint density at radius 1 is 1.44 bits per heavy atom. The number of hydrogen-bond acceptors (Lipinski definition) is 6. The van der Waals surface area contributed by atoms with E-state index in [2.05, 4.69) is 15.3 Å². The number of nitrogens with zero attached hydrogens (tertiary/aromatic N) is 2. The van der Waals surface area contributed by atoms with Crippen molar-refractivity contribution in [1.82, 2.24) is 9.97 Å². The molecule has 0 fully saturated rings. The van der Waals surface area contributed by atoms with E-state index in [4.69, 9.17) is 5.11 Å². The third-order valence-electron chi connectivity index (χ3n) is 2.35. The van der Waals surface area contributed by atoms with Crippen LogP contribution in [0.25, 0.3) is 0 Å². The largest absolute Gasteiger partial charge is 0.476 e. The summed E-state index contributed by atoms with van der Waals surface area (Å²) in [5.74, 6) is -0.991. The molecule has 0 spiro atoms. The first kappa shape index (κ1) is 13.0. The second kappa shape index (κ2) is 5.03. The molecule has 0 amide bonds. The third kappa shape index (κ3) is 2.68. The standard InChI is InChI=1S/C11H13N3O2S2/c1-5-4-17-9(12-5)6(2)13-11-14-8(10(15)16)7(3)18-11/h4,6H,1-3H3,(H,13,14)(H,15,16). The number of carboxylic acids is 1. The fraction of sp³-hybridized carbons (Fsp3) is 0.364. The molecule has 1 unspecified atom stereocenters. The third-order valence-corrected chi connectivity index (χ3v) is 4.39. The van der Waals surface area contributed by atoms with Gasteiger partial charge in [-0.2, -0.15) is 0 Å². The minimum Gasteiger partial charge on any atom is -0.476 e. The van der Waals surface area contributed by atoms with Crippen LogP contribution in [0.1, 0.15) is 39.0 Å². The maximum Gasteiger partial charge on any atom is 0.355 e. The van der Waals surface area contributed by atoms with Crippen LogP contribution in [0, 0.1) is 13.8 Å². The summed E-state index contributed by atoms with van der Waals surface area (Å²) in [7, 11) is 0. The molecule has 0 saturated carbocycles. The zero-order valence-corrected chi connectivity index (χ0v) is 11.9. The van der Waals surface area contributed by atoms with Crippen molar-refractivity contribution in [3.05, 3.63) is 26.7 Å². The molecule has 0 saturated heterocycles. The number of aromatic nitrogens is 2. The van der Waals surface area contributed by atoms with Gasteiger partial charge in [-0.3, -0.25) is 0 Å². The average Bonchev–Trinajstić information content (AvgIpc) is 2.85. The summed E-state index contributed by atoms with van der Waals surface area (Å²) in [4.78, 5) is 20.1. The van der Waals surface area contributed by atoms with E-state index in [0.29, 0.717) is 10.0 Å². The lowest BCUT2D eigenvalue weighted by Gasteiger charge is -2.08. The van der Waals surface area contributed by atoms with Crippen LogP contribution < -0.4 is 5.32 Å². The van der Waals surface area contributed by atoms with Crippen molar-refractivity contribution < 1.29 is 9.90 Å². The Bertz CT molecular complexity index is 577. The van der Waals surface area contributed by atoms with Crippen molar-refractivity contribution in [1.29, 1.82) is 0 Å². The lowest BCUT2D eigenvalue weighted by Crippen LogP contribution is -2.06. The van der Waals surface area contributed by atoms with Gasteiger partial charge in [-0.05, 0) is 20.8 Å². The molecule has 1 atom stereocenters. The predicted molar refractivity (Wildman–Crippen MR) is 72.7 cm³/mol. The number of aryl methyl sites for hydroxylation is 2. The molecule has 0 bridgehead atoms. The molecule has 0 aliphatic rings.